The van der Waals surface area contributed by atoms with Crippen LogP contribution in [0.1, 0.15) is 101 Å². The number of carboxylic acid groups (broad SMARTS) is 2. The van der Waals surface area contributed by atoms with Gasteiger partial charge in [0, 0.05) is 71.7 Å². The van der Waals surface area contributed by atoms with Gasteiger partial charge in [-0.25, -0.2) is 15.9 Å². The maximum atomic E-state index is 12.3. The Hall–Kier alpha value is -3.54. The SMILES string of the molecule is CC([C-]=O)NS.CCCCNC(=O)COCCOCCNC(=O)COCCOCCNC(=O)CC[C@H](NC(=O)CCCCCCCCCOc1ccc(C(=O)O)cc1)C(=O)O.[B]C(=O)CN.[Y]. The number of aliphatic carboxylic acids is 1. The first-order valence-corrected chi connectivity index (χ1v) is 22.5. The van der Waals surface area contributed by atoms with E-state index in [1.165, 1.54) is 12.1 Å². The van der Waals surface area contributed by atoms with E-state index < -0.39 is 23.7 Å². The summed E-state index contributed by atoms with van der Waals surface area (Å²) in [6.45, 7) is 6.64. The second-order valence-corrected chi connectivity index (χ2v) is 14.5. The molecule has 0 aromatic heterocycles. The van der Waals surface area contributed by atoms with E-state index in [4.69, 9.17) is 34.5 Å². The topological polar surface area (TPSA) is 309 Å². The predicted molar refractivity (Wildman–Crippen MR) is 249 cm³/mol. The van der Waals surface area contributed by atoms with Gasteiger partial charge in [0.1, 0.15) is 25.0 Å². The van der Waals surface area contributed by atoms with Gasteiger partial charge in [-0.15, -0.1) is 12.8 Å². The van der Waals surface area contributed by atoms with Crippen molar-refractivity contribution in [1.29, 1.82) is 0 Å². The molecule has 0 spiro atoms. The van der Waals surface area contributed by atoms with Crippen molar-refractivity contribution < 1.29 is 105 Å². The molecule has 9 N–H and O–H groups in total. The Morgan fingerprint density at radius 1 is 0.687 bits per heavy atom. The summed E-state index contributed by atoms with van der Waals surface area (Å²) in [5.41, 5.74) is 4.45. The molecule has 24 heteroatoms. The minimum absolute atomic E-state index is 0. The number of rotatable bonds is 39. The van der Waals surface area contributed by atoms with Crippen molar-refractivity contribution in [2.24, 2.45) is 5.73 Å². The van der Waals surface area contributed by atoms with E-state index in [9.17, 15) is 43.5 Å². The molecule has 1 aromatic carbocycles. The molecule has 67 heavy (non-hydrogen) atoms. The summed E-state index contributed by atoms with van der Waals surface area (Å²) in [7, 11) is 4.53. The molecular weight excluding hydrogens is 972 g/mol. The zero-order valence-corrected chi connectivity index (χ0v) is 42.8. The third-order valence-electron chi connectivity index (χ3n) is 8.48. The van der Waals surface area contributed by atoms with Gasteiger partial charge in [0.25, 0.3) is 0 Å². The number of amides is 4. The van der Waals surface area contributed by atoms with Gasteiger partial charge in [0.15, 0.2) is 7.85 Å². The molecular formula is C43H72BN6O15SY-. The zero-order valence-electron chi connectivity index (χ0n) is 39.0. The maximum Gasteiger partial charge on any atom is 0.335 e. The van der Waals surface area contributed by atoms with Gasteiger partial charge in [0.05, 0.1) is 57.5 Å². The first-order valence-electron chi connectivity index (χ1n) is 22.1. The van der Waals surface area contributed by atoms with Crippen LogP contribution >= 0.6 is 12.8 Å². The van der Waals surface area contributed by atoms with Crippen LogP contribution in [-0.4, -0.2) is 163 Å². The maximum absolute atomic E-state index is 12.3. The Bertz CT molecular complexity index is 1490. The number of nitrogens with one attached hydrogen (secondary N) is 5. The number of carbonyl (C=O) groups excluding carboxylic acids is 6. The molecule has 3 radical (unpaired) electrons. The molecule has 21 nitrogen and oxygen atoms in total. The van der Waals surface area contributed by atoms with Crippen LogP contribution in [0.25, 0.3) is 0 Å². The van der Waals surface area contributed by atoms with Crippen molar-refractivity contribution in [3.05, 3.63) is 29.8 Å². The van der Waals surface area contributed by atoms with Gasteiger partial charge in [-0.3, -0.25) is 23.9 Å². The number of carboxylic acids is 2. The fraction of sp³-hybridized carbons (Fsp3) is 0.674. The number of aromatic carboxylic acids is 1. The fourth-order valence-electron chi connectivity index (χ4n) is 4.87. The van der Waals surface area contributed by atoms with E-state index in [0.29, 0.717) is 38.5 Å². The molecule has 1 rings (SSSR count). The summed E-state index contributed by atoms with van der Waals surface area (Å²) >= 11 is 3.58. The Morgan fingerprint density at radius 3 is 1.64 bits per heavy atom. The minimum Gasteiger partial charge on any atom is -0.540 e. The summed E-state index contributed by atoms with van der Waals surface area (Å²) in [6, 6.07) is 4.89. The van der Waals surface area contributed by atoms with Crippen LogP contribution in [0.4, 0.5) is 0 Å². The van der Waals surface area contributed by atoms with Crippen molar-refractivity contribution in [3.8, 4) is 5.75 Å². The quantitative estimate of drug-likeness (QED) is 0.0192. The largest absolute Gasteiger partial charge is 0.540 e. The average Bonchev–Trinajstić information content (AvgIpc) is 3.30. The van der Waals surface area contributed by atoms with Crippen LogP contribution in [0.15, 0.2) is 24.3 Å². The second kappa shape index (κ2) is 48.9. The number of thiol groups is 1. The molecule has 377 valence electrons. The van der Waals surface area contributed by atoms with E-state index in [-0.39, 0.29) is 147 Å². The Labute approximate surface area is 426 Å². The number of ether oxygens (including phenoxy) is 5. The van der Waals surface area contributed by atoms with Crippen molar-refractivity contribution >= 4 is 68.2 Å². The zero-order chi connectivity index (χ0) is 49.6. The first-order chi connectivity index (χ1) is 31.7. The van der Waals surface area contributed by atoms with Gasteiger partial charge in [-0.2, -0.15) is 0 Å². The summed E-state index contributed by atoms with van der Waals surface area (Å²) in [6.07, 6.45) is 10.1. The smallest absolute Gasteiger partial charge is 0.335 e. The molecule has 0 heterocycles. The second-order valence-electron chi connectivity index (χ2n) is 14.3. The molecule has 0 aliphatic carbocycles. The molecule has 0 fully saturated rings. The van der Waals surface area contributed by atoms with Crippen molar-refractivity contribution in [3.63, 3.8) is 0 Å². The number of unbranched alkanes of at least 4 members (excludes halogenated alkanes) is 7. The predicted octanol–water partition coefficient (Wildman–Crippen LogP) is 1.01. The van der Waals surface area contributed by atoms with E-state index in [0.717, 1.165) is 51.4 Å². The van der Waals surface area contributed by atoms with Crippen LogP contribution in [-0.2, 0) is 85.2 Å². The van der Waals surface area contributed by atoms with Crippen molar-refractivity contribution in [2.75, 3.05) is 85.6 Å². The molecule has 0 bridgehead atoms. The molecule has 0 aliphatic rings. The minimum atomic E-state index is -1.20. The Balaban J connectivity index is -0.00000303. The number of benzene rings is 1. The summed E-state index contributed by atoms with van der Waals surface area (Å²) in [5.74, 6) is -2.72. The third-order valence-corrected chi connectivity index (χ3v) is 8.87. The van der Waals surface area contributed by atoms with Gasteiger partial charge in [0.2, 0.25) is 23.6 Å². The van der Waals surface area contributed by atoms with Crippen molar-refractivity contribution in [2.45, 2.75) is 103 Å². The number of hydrogen-bond acceptors (Lipinski definition) is 16. The molecule has 0 saturated heterocycles. The normalized spacial score (nSPS) is 11.1. The van der Waals surface area contributed by atoms with Crippen LogP contribution in [0, 0.1) is 0 Å². The summed E-state index contributed by atoms with van der Waals surface area (Å²) in [5, 5.41) is 29.0. The summed E-state index contributed by atoms with van der Waals surface area (Å²) in [4.78, 5) is 89.3. The summed E-state index contributed by atoms with van der Waals surface area (Å²) < 4.78 is 29.2. The van der Waals surface area contributed by atoms with Crippen LogP contribution in [0.2, 0.25) is 0 Å². The van der Waals surface area contributed by atoms with Crippen molar-refractivity contribution in [1.82, 2.24) is 26.0 Å². The Kier molecular flexibility index (Phi) is 49.4. The van der Waals surface area contributed by atoms with Crippen LogP contribution in [0.3, 0.4) is 0 Å². The number of nitrogens with two attached hydrogens (primary N) is 1. The monoisotopic (exact) mass is 1040 g/mol. The van der Waals surface area contributed by atoms with E-state index in [1.54, 1.807) is 25.3 Å². The first kappa shape index (κ1) is 67.7. The fourth-order valence-corrected chi connectivity index (χ4v) is 4.92. The molecule has 0 saturated carbocycles. The van der Waals surface area contributed by atoms with Gasteiger partial charge in [-0.1, -0.05) is 58.4 Å². The standard InChI is InChI=1S/C38H62N4O13.C3H6NOS.C2H4BNO.Y/c1-2-3-18-39-35(45)28-53-26-25-52-23-20-41-36(46)29-54-27-24-51-22-19-40-33(43)17-16-32(38(49)50)42-34(44)11-9-7-5-4-6-8-10-21-55-31-14-12-30(13-15-31)37(47)48;1-3(2-5)4-6;3-2(5)1-4;/h12-15,32H,2-11,16-29H2,1H3,(H,39,45)(H,40,43)(H,41,46)(H,42,44)(H,47,48)(H,49,50);3-4,6H,1H3;1,4H2;/q;-1;;/t32-;;;/m0.../s1. The van der Waals surface area contributed by atoms with E-state index in [2.05, 4.69) is 46.7 Å². The van der Waals surface area contributed by atoms with Gasteiger partial charge in [-0.05, 0) is 49.9 Å². The van der Waals surface area contributed by atoms with E-state index in [1.807, 2.05) is 6.92 Å². The number of carbonyl (C=O) groups is 7. The molecule has 4 amide bonds. The van der Waals surface area contributed by atoms with Crippen LogP contribution < -0.4 is 36.5 Å². The number of hydrogen-bond donors (Lipinski definition) is 9. The van der Waals surface area contributed by atoms with Crippen LogP contribution in [0.5, 0.6) is 5.75 Å². The Morgan fingerprint density at radius 2 is 1.18 bits per heavy atom. The third kappa shape index (κ3) is 47.3. The average molecular weight is 1040 g/mol. The van der Waals surface area contributed by atoms with Gasteiger partial charge < -0.3 is 70.5 Å². The molecule has 1 unspecified atom stereocenters. The van der Waals surface area contributed by atoms with Gasteiger partial charge >= 0.3 is 11.9 Å². The molecule has 2 atom stereocenters. The molecule has 0 aliphatic heterocycles. The molecule has 1 aromatic rings. The van der Waals surface area contributed by atoms with E-state index >= 15 is 0 Å².